The summed E-state index contributed by atoms with van der Waals surface area (Å²) in [6, 6.07) is 5.77. The number of nitrogens with one attached hydrogen (secondary N) is 1. The Hall–Kier alpha value is -1.03. The van der Waals surface area contributed by atoms with Crippen LogP contribution in [0.25, 0.3) is 0 Å². The van der Waals surface area contributed by atoms with E-state index in [1.165, 1.54) is 5.56 Å². The second-order valence-electron chi connectivity index (χ2n) is 5.24. The zero-order valence-corrected chi connectivity index (χ0v) is 14.4. The molecule has 1 unspecified atom stereocenters. The standard InChI is InChI=1S/C16H21Cl2N3/c1-5-9-19-16(12-7-6-8-13(17)15(12)18)14-10(2)20-21(4)11(14)3/h6-8,16,19H,5,9H2,1-4H3. The molecule has 1 heterocycles. The van der Waals surface area contributed by atoms with Crippen LogP contribution >= 0.6 is 23.2 Å². The Labute approximate surface area is 136 Å². The second kappa shape index (κ2) is 6.82. The zero-order chi connectivity index (χ0) is 15.6. The van der Waals surface area contributed by atoms with Crippen LogP contribution in [0.4, 0.5) is 0 Å². The smallest absolute Gasteiger partial charge is 0.0647 e. The average Bonchev–Trinajstić information content (AvgIpc) is 2.69. The fourth-order valence-corrected chi connectivity index (χ4v) is 3.02. The molecule has 2 aromatic rings. The van der Waals surface area contributed by atoms with Gasteiger partial charge < -0.3 is 5.32 Å². The molecule has 0 fully saturated rings. The minimum Gasteiger partial charge on any atom is -0.306 e. The first kappa shape index (κ1) is 16.3. The van der Waals surface area contributed by atoms with Gasteiger partial charge in [0.25, 0.3) is 0 Å². The Morgan fingerprint density at radius 3 is 2.57 bits per heavy atom. The number of benzene rings is 1. The molecule has 0 aliphatic heterocycles. The molecule has 0 aliphatic rings. The van der Waals surface area contributed by atoms with Gasteiger partial charge in [0.05, 0.1) is 21.8 Å². The fourth-order valence-electron chi connectivity index (χ4n) is 2.61. The molecule has 1 N–H and O–H groups in total. The monoisotopic (exact) mass is 325 g/mol. The lowest BCUT2D eigenvalue weighted by atomic mass is 9.96. The lowest BCUT2D eigenvalue weighted by Crippen LogP contribution is -2.24. The van der Waals surface area contributed by atoms with Crippen molar-refractivity contribution in [3.63, 3.8) is 0 Å². The molecule has 1 atom stereocenters. The minimum atomic E-state index is 0.00449. The molecule has 0 radical (unpaired) electrons. The molecule has 21 heavy (non-hydrogen) atoms. The topological polar surface area (TPSA) is 29.9 Å². The van der Waals surface area contributed by atoms with Gasteiger partial charge in [-0.25, -0.2) is 0 Å². The van der Waals surface area contributed by atoms with Crippen LogP contribution in [0, 0.1) is 13.8 Å². The highest BCUT2D eigenvalue weighted by molar-refractivity contribution is 6.42. The third kappa shape index (κ3) is 3.25. The van der Waals surface area contributed by atoms with E-state index in [9.17, 15) is 0 Å². The van der Waals surface area contributed by atoms with Gasteiger partial charge in [-0.2, -0.15) is 5.10 Å². The summed E-state index contributed by atoms with van der Waals surface area (Å²) in [5.41, 5.74) is 4.32. The lowest BCUT2D eigenvalue weighted by molar-refractivity contribution is 0.593. The molecule has 0 saturated heterocycles. The van der Waals surface area contributed by atoms with E-state index >= 15 is 0 Å². The van der Waals surface area contributed by atoms with Crippen LogP contribution in [0.2, 0.25) is 10.0 Å². The molecule has 2 rings (SSSR count). The van der Waals surface area contributed by atoms with Crippen LogP contribution in [0.1, 0.15) is 41.9 Å². The number of aryl methyl sites for hydroxylation is 2. The first-order chi connectivity index (χ1) is 9.97. The van der Waals surface area contributed by atoms with Gasteiger partial charge in [-0.3, -0.25) is 4.68 Å². The first-order valence-electron chi connectivity index (χ1n) is 7.14. The predicted octanol–water partition coefficient (Wildman–Crippen LogP) is 4.43. The van der Waals surface area contributed by atoms with Crippen molar-refractivity contribution in [1.82, 2.24) is 15.1 Å². The van der Waals surface area contributed by atoms with Gasteiger partial charge >= 0.3 is 0 Å². The molecule has 0 saturated carbocycles. The van der Waals surface area contributed by atoms with Crippen molar-refractivity contribution >= 4 is 23.2 Å². The first-order valence-corrected chi connectivity index (χ1v) is 7.90. The van der Waals surface area contributed by atoms with E-state index in [1.54, 1.807) is 0 Å². The summed E-state index contributed by atoms with van der Waals surface area (Å²) < 4.78 is 1.91. The molecule has 0 bridgehead atoms. The molecule has 0 amide bonds. The lowest BCUT2D eigenvalue weighted by Gasteiger charge is -2.21. The molecule has 5 heteroatoms. The number of hydrogen-bond acceptors (Lipinski definition) is 2. The van der Waals surface area contributed by atoms with Gasteiger partial charge in [-0.1, -0.05) is 42.3 Å². The molecule has 3 nitrogen and oxygen atoms in total. The normalized spacial score (nSPS) is 12.7. The minimum absolute atomic E-state index is 0.00449. The Morgan fingerprint density at radius 1 is 1.29 bits per heavy atom. The maximum Gasteiger partial charge on any atom is 0.0647 e. The van der Waals surface area contributed by atoms with Crippen molar-refractivity contribution < 1.29 is 0 Å². The van der Waals surface area contributed by atoms with Gasteiger partial charge in [0.15, 0.2) is 0 Å². The van der Waals surface area contributed by atoms with Crippen LogP contribution in [0.3, 0.4) is 0 Å². The fraction of sp³-hybridized carbons (Fsp3) is 0.438. The molecule has 1 aromatic carbocycles. The highest BCUT2D eigenvalue weighted by Crippen LogP contribution is 2.35. The third-order valence-electron chi connectivity index (χ3n) is 3.74. The van der Waals surface area contributed by atoms with Crippen molar-refractivity contribution in [2.24, 2.45) is 7.05 Å². The van der Waals surface area contributed by atoms with E-state index in [0.29, 0.717) is 10.0 Å². The van der Waals surface area contributed by atoms with E-state index in [0.717, 1.165) is 29.9 Å². The number of aromatic nitrogens is 2. The summed E-state index contributed by atoms with van der Waals surface area (Å²) in [6.07, 6.45) is 1.05. The number of nitrogens with zero attached hydrogens (tertiary/aromatic N) is 2. The van der Waals surface area contributed by atoms with Crippen molar-refractivity contribution in [2.45, 2.75) is 33.2 Å². The van der Waals surface area contributed by atoms with Gasteiger partial charge in [0, 0.05) is 18.3 Å². The van der Waals surface area contributed by atoms with Gasteiger partial charge in [-0.05, 0) is 38.4 Å². The highest BCUT2D eigenvalue weighted by Gasteiger charge is 2.24. The third-order valence-corrected chi connectivity index (χ3v) is 4.58. The van der Waals surface area contributed by atoms with E-state index in [2.05, 4.69) is 24.3 Å². The molecule has 0 aliphatic carbocycles. The van der Waals surface area contributed by atoms with E-state index in [4.69, 9.17) is 23.2 Å². The van der Waals surface area contributed by atoms with Crippen LogP contribution in [0.15, 0.2) is 18.2 Å². The van der Waals surface area contributed by atoms with Crippen LogP contribution in [-0.4, -0.2) is 16.3 Å². The van der Waals surface area contributed by atoms with Crippen molar-refractivity contribution in [3.8, 4) is 0 Å². The molecular weight excluding hydrogens is 305 g/mol. The van der Waals surface area contributed by atoms with Crippen LogP contribution in [-0.2, 0) is 7.05 Å². The number of halogens is 2. The van der Waals surface area contributed by atoms with Gasteiger partial charge in [0.2, 0.25) is 0 Å². The molecule has 1 aromatic heterocycles. The maximum absolute atomic E-state index is 6.43. The van der Waals surface area contributed by atoms with Gasteiger partial charge in [0.1, 0.15) is 0 Å². The summed E-state index contributed by atoms with van der Waals surface area (Å²) in [7, 11) is 1.96. The Morgan fingerprint density at radius 2 is 2.00 bits per heavy atom. The quantitative estimate of drug-likeness (QED) is 0.881. The second-order valence-corrected chi connectivity index (χ2v) is 6.02. The van der Waals surface area contributed by atoms with Crippen LogP contribution < -0.4 is 5.32 Å². The summed E-state index contributed by atoms with van der Waals surface area (Å²) in [5.74, 6) is 0. The SMILES string of the molecule is CCCNC(c1cccc(Cl)c1Cl)c1c(C)nn(C)c1C. The summed E-state index contributed by atoms with van der Waals surface area (Å²) in [4.78, 5) is 0. The Balaban J connectivity index is 2.55. The number of hydrogen-bond donors (Lipinski definition) is 1. The Kier molecular flexibility index (Phi) is 5.31. The maximum atomic E-state index is 6.43. The summed E-state index contributed by atoms with van der Waals surface area (Å²) >= 11 is 12.6. The number of rotatable bonds is 5. The molecular formula is C16H21Cl2N3. The summed E-state index contributed by atoms with van der Waals surface area (Å²) in [6.45, 7) is 7.16. The zero-order valence-electron chi connectivity index (χ0n) is 12.9. The van der Waals surface area contributed by atoms with E-state index in [-0.39, 0.29) is 6.04 Å². The van der Waals surface area contributed by atoms with Crippen LogP contribution in [0.5, 0.6) is 0 Å². The largest absolute Gasteiger partial charge is 0.306 e. The molecule has 114 valence electrons. The van der Waals surface area contributed by atoms with Crippen molar-refractivity contribution in [1.29, 1.82) is 0 Å². The summed E-state index contributed by atoms with van der Waals surface area (Å²) in [5, 5.41) is 9.27. The predicted molar refractivity (Wildman–Crippen MR) is 89.3 cm³/mol. The molecule has 0 spiro atoms. The highest BCUT2D eigenvalue weighted by atomic mass is 35.5. The average molecular weight is 326 g/mol. The Bertz CT molecular complexity index is 635. The van der Waals surface area contributed by atoms with E-state index < -0.39 is 0 Å². The van der Waals surface area contributed by atoms with Crippen molar-refractivity contribution in [3.05, 3.63) is 50.8 Å². The van der Waals surface area contributed by atoms with E-state index in [1.807, 2.05) is 36.9 Å². The van der Waals surface area contributed by atoms with Crippen molar-refractivity contribution in [2.75, 3.05) is 6.54 Å². The van der Waals surface area contributed by atoms with Gasteiger partial charge in [-0.15, -0.1) is 0 Å².